The molecule has 0 aromatic carbocycles. The molecule has 0 aliphatic carbocycles. The summed E-state index contributed by atoms with van der Waals surface area (Å²) in [5, 5.41) is 2.86. The van der Waals surface area contributed by atoms with Gasteiger partial charge >= 0.3 is 0 Å². The van der Waals surface area contributed by atoms with E-state index in [1.165, 1.54) is 0 Å². The molecule has 0 bridgehead atoms. The van der Waals surface area contributed by atoms with Gasteiger partial charge in [0.15, 0.2) is 0 Å². The van der Waals surface area contributed by atoms with Crippen molar-refractivity contribution in [3.05, 3.63) is 12.1 Å². The molecule has 1 aliphatic rings. The van der Waals surface area contributed by atoms with E-state index >= 15 is 0 Å². The van der Waals surface area contributed by atoms with Crippen molar-refractivity contribution in [2.75, 3.05) is 30.3 Å². The van der Waals surface area contributed by atoms with Crippen LogP contribution in [0.1, 0.15) is 20.8 Å². The van der Waals surface area contributed by atoms with Crippen molar-refractivity contribution in [3.63, 3.8) is 0 Å². The first-order valence-electron chi connectivity index (χ1n) is 6.42. The maximum absolute atomic E-state index is 11.9. The van der Waals surface area contributed by atoms with Crippen LogP contribution in [-0.2, 0) is 4.79 Å². The predicted molar refractivity (Wildman–Crippen MR) is 74.3 cm³/mol. The number of hydrogen-bond donors (Lipinski definition) is 2. The molecule has 2 rings (SSSR count). The number of ether oxygens (including phenoxy) is 1. The van der Waals surface area contributed by atoms with E-state index in [4.69, 9.17) is 10.5 Å². The fourth-order valence-corrected chi connectivity index (χ4v) is 2.14. The van der Waals surface area contributed by atoms with Gasteiger partial charge in [0.05, 0.1) is 12.3 Å². The maximum atomic E-state index is 11.9. The number of carbonyl (C=O) groups excluding carboxylic acids is 1. The first kappa shape index (κ1) is 13.5. The van der Waals surface area contributed by atoms with Gasteiger partial charge in [0.1, 0.15) is 11.4 Å². The van der Waals surface area contributed by atoms with Crippen LogP contribution in [-0.4, -0.2) is 36.1 Å². The molecule has 1 aromatic heterocycles. The molecule has 0 spiro atoms. The largest absolute Gasteiger partial charge is 0.476 e. The second-order valence-corrected chi connectivity index (χ2v) is 4.96. The summed E-state index contributed by atoms with van der Waals surface area (Å²) in [6.07, 6.45) is 0. The van der Waals surface area contributed by atoms with E-state index in [1.54, 1.807) is 6.07 Å². The Morgan fingerprint density at radius 1 is 1.53 bits per heavy atom. The van der Waals surface area contributed by atoms with E-state index < -0.39 is 5.54 Å². The van der Waals surface area contributed by atoms with Crippen LogP contribution >= 0.6 is 0 Å². The molecule has 0 radical (unpaired) electrons. The summed E-state index contributed by atoms with van der Waals surface area (Å²) in [6.45, 7) is 7.45. The summed E-state index contributed by atoms with van der Waals surface area (Å²) in [7, 11) is 0. The van der Waals surface area contributed by atoms with E-state index in [9.17, 15) is 4.79 Å². The highest BCUT2D eigenvalue weighted by atomic mass is 16.5. The van der Waals surface area contributed by atoms with E-state index in [1.807, 2.05) is 31.7 Å². The lowest BCUT2D eigenvalue weighted by atomic mass is 9.99. The highest BCUT2D eigenvalue weighted by Gasteiger charge is 2.38. The average molecular weight is 264 g/mol. The number of anilines is 2. The van der Waals surface area contributed by atoms with Gasteiger partial charge in [-0.25, -0.2) is 0 Å². The lowest BCUT2D eigenvalue weighted by Crippen LogP contribution is -2.62. The number of nitrogens with one attached hydrogen (secondary N) is 1. The third kappa shape index (κ3) is 2.43. The fourth-order valence-electron chi connectivity index (χ4n) is 2.14. The van der Waals surface area contributed by atoms with Crippen molar-refractivity contribution in [2.24, 2.45) is 0 Å². The summed E-state index contributed by atoms with van der Waals surface area (Å²) in [5.41, 5.74) is 5.69. The van der Waals surface area contributed by atoms with Crippen LogP contribution in [0.25, 0.3) is 0 Å². The first-order chi connectivity index (χ1) is 8.96. The molecular weight excluding hydrogens is 244 g/mol. The molecule has 1 aromatic rings. The summed E-state index contributed by atoms with van der Waals surface area (Å²) in [4.78, 5) is 18.3. The normalized spacial score (nSPS) is 18.1. The minimum atomic E-state index is -0.634. The van der Waals surface area contributed by atoms with Crippen LogP contribution in [0.15, 0.2) is 12.1 Å². The Labute approximate surface area is 112 Å². The number of rotatable bonds is 3. The average Bonchev–Trinajstić information content (AvgIpc) is 2.36. The smallest absolute Gasteiger partial charge is 0.245 e. The van der Waals surface area contributed by atoms with Crippen molar-refractivity contribution in [1.29, 1.82) is 0 Å². The van der Waals surface area contributed by atoms with E-state index in [0.29, 0.717) is 37.1 Å². The number of nitrogens with zero attached hydrogens (tertiary/aromatic N) is 2. The van der Waals surface area contributed by atoms with Crippen LogP contribution < -0.4 is 20.7 Å². The van der Waals surface area contributed by atoms with Gasteiger partial charge in [-0.2, -0.15) is 4.98 Å². The number of aromatic nitrogens is 1. The Hall–Kier alpha value is -1.98. The number of nitrogens with two attached hydrogens (primary N) is 1. The third-order valence-corrected chi connectivity index (χ3v) is 3.28. The molecule has 3 N–H and O–H groups in total. The number of hydrogen-bond acceptors (Lipinski definition) is 5. The van der Waals surface area contributed by atoms with Gasteiger partial charge in [0, 0.05) is 13.1 Å². The molecule has 1 fully saturated rings. The predicted octanol–water partition coefficient (Wildman–Crippen LogP) is 0.777. The zero-order chi connectivity index (χ0) is 14.0. The quantitative estimate of drug-likeness (QED) is 0.843. The van der Waals surface area contributed by atoms with Gasteiger partial charge in [0.25, 0.3) is 0 Å². The van der Waals surface area contributed by atoms with Gasteiger partial charge in [-0.1, -0.05) is 0 Å². The number of nitrogen functional groups attached to an aromatic ring is 1. The summed E-state index contributed by atoms with van der Waals surface area (Å²) in [5.74, 6) is 1.12. The molecule has 6 heteroatoms. The Morgan fingerprint density at radius 2 is 2.26 bits per heavy atom. The lowest BCUT2D eigenvalue weighted by molar-refractivity contribution is -0.126. The molecule has 6 nitrogen and oxygen atoms in total. The van der Waals surface area contributed by atoms with E-state index in [0.717, 1.165) is 0 Å². The monoisotopic (exact) mass is 264 g/mol. The standard InChI is InChI=1S/C13H20N4O2/c1-4-19-11-9(14)5-6-10(16-11)17-8-7-15-12(18)13(17,2)3/h5-6H,4,7-8,14H2,1-3H3,(H,15,18). The Balaban J connectivity index is 2.35. The highest BCUT2D eigenvalue weighted by molar-refractivity contribution is 5.90. The number of carbonyl (C=O) groups is 1. The molecule has 2 heterocycles. The number of amides is 1. The van der Waals surface area contributed by atoms with Gasteiger partial charge in [-0.3, -0.25) is 4.79 Å². The molecule has 1 aliphatic heterocycles. The van der Waals surface area contributed by atoms with Crippen LogP contribution in [0.5, 0.6) is 5.88 Å². The third-order valence-electron chi connectivity index (χ3n) is 3.28. The topological polar surface area (TPSA) is 80.5 Å². The fraction of sp³-hybridized carbons (Fsp3) is 0.538. The molecule has 0 unspecified atom stereocenters. The SMILES string of the molecule is CCOc1nc(N2CCNC(=O)C2(C)C)ccc1N. The Morgan fingerprint density at radius 3 is 2.95 bits per heavy atom. The zero-order valence-electron chi connectivity index (χ0n) is 11.6. The summed E-state index contributed by atoms with van der Waals surface area (Å²) in [6, 6.07) is 3.58. The zero-order valence-corrected chi connectivity index (χ0v) is 11.6. The Kier molecular flexibility index (Phi) is 3.50. The minimum Gasteiger partial charge on any atom is -0.476 e. The summed E-state index contributed by atoms with van der Waals surface area (Å²) >= 11 is 0. The van der Waals surface area contributed by atoms with Crippen LogP contribution in [0.3, 0.4) is 0 Å². The van der Waals surface area contributed by atoms with Gasteiger partial charge in [-0.05, 0) is 32.9 Å². The van der Waals surface area contributed by atoms with Crippen molar-refractivity contribution < 1.29 is 9.53 Å². The molecule has 1 saturated heterocycles. The van der Waals surface area contributed by atoms with Gasteiger partial charge in [-0.15, -0.1) is 0 Å². The van der Waals surface area contributed by atoms with E-state index in [2.05, 4.69) is 10.3 Å². The molecular formula is C13H20N4O2. The number of piperazine rings is 1. The Bertz CT molecular complexity index is 488. The molecule has 1 amide bonds. The highest BCUT2D eigenvalue weighted by Crippen LogP contribution is 2.28. The molecule has 104 valence electrons. The van der Waals surface area contributed by atoms with Crippen molar-refractivity contribution in [3.8, 4) is 5.88 Å². The van der Waals surface area contributed by atoms with Crippen molar-refractivity contribution in [1.82, 2.24) is 10.3 Å². The maximum Gasteiger partial charge on any atom is 0.245 e. The second-order valence-electron chi connectivity index (χ2n) is 4.96. The second kappa shape index (κ2) is 4.95. The van der Waals surface area contributed by atoms with Gasteiger partial charge < -0.3 is 20.7 Å². The molecule has 0 atom stereocenters. The van der Waals surface area contributed by atoms with Gasteiger partial charge in [0.2, 0.25) is 11.8 Å². The minimum absolute atomic E-state index is 0.00432. The molecule has 19 heavy (non-hydrogen) atoms. The molecule has 0 saturated carbocycles. The first-order valence-corrected chi connectivity index (χ1v) is 6.42. The van der Waals surface area contributed by atoms with Crippen LogP contribution in [0.4, 0.5) is 11.5 Å². The van der Waals surface area contributed by atoms with Crippen LogP contribution in [0.2, 0.25) is 0 Å². The van der Waals surface area contributed by atoms with Crippen LogP contribution in [0, 0.1) is 0 Å². The summed E-state index contributed by atoms with van der Waals surface area (Å²) < 4.78 is 5.40. The van der Waals surface area contributed by atoms with E-state index in [-0.39, 0.29) is 5.91 Å². The van der Waals surface area contributed by atoms with Crippen molar-refractivity contribution >= 4 is 17.4 Å². The lowest BCUT2D eigenvalue weighted by Gasteiger charge is -2.42. The van der Waals surface area contributed by atoms with Crippen molar-refractivity contribution in [2.45, 2.75) is 26.3 Å². The number of pyridine rings is 1.